The second kappa shape index (κ2) is 8.46. The van der Waals surface area contributed by atoms with Gasteiger partial charge in [0.1, 0.15) is 0 Å². The molecule has 0 saturated carbocycles. The molecule has 0 radical (unpaired) electrons. The number of nitro benzene ring substituents is 1. The molecule has 0 aliphatic carbocycles. The van der Waals surface area contributed by atoms with Gasteiger partial charge in [0.2, 0.25) is 0 Å². The normalized spacial score (nSPS) is 15.1. The number of rotatable bonds is 6. The Kier molecular flexibility index (Phi) is 6.00. The number of amides is 1. The summed E-state index contributed by atoms with van der Waals surface area (Å²) in [6.45, 7) is 3.67. The van der Waals surface area contributed by atoms with Crippen LogP contribution in [0.1, 0.15) is 11.1 Å². The van der Waals surface area contributed by atoms with Crippen LogP contribution < -0.4 is 9.64 Å². The van der Waals surface area contributed by atoms with Crippen molar-refractivity contribution < 1.29 is 19.6 Å². The molecule has 9 heteroatoms. The minimum atomic E-state index is -0.527. The molecule has 1 heterocycles. The van der Waals surface area contributed by atoms with Crippen LogP contribution in [0.5, 0.6) is 11.5 Å². The number of allylic oxidation sites excluding steroid dienone is 1. The summed E-state index contributed by atoms with van der Waals surface area (Å²) in [6, 6.07) is 9.09. The number of phenolic OH excluding ortho intramolecular Hbond substituents is 1. The van der Waals surface area contributed by atoms with E-state index in [1.54, 1.807) is 30.4 Å². The minimum absolute atomic E-state index is 0.0219. The van der Waals surface area contributed by atoms with Crippen LogP contribution in [0.4, 0.5) is 11.4 Å². The van der Waals surface area contributed by atoms with Crippen molar-refractivity contribution in [1.82, 2.24) is 0 Å². The number of carbonyl (C=O) groups is 1. The van der Waals surface area contributed by atoms with E-state index in [1.807, 2.05) is 0 Å². The molecule has 0 bridgehead atoms. The van der Waals surface area contributed by atoms with Crippen LogP contribution in [0.2, 0.25) is 0 Å². The van der Waals surface area contributed by atoms with E-state index in [0.717, 1.165) is 11.8 Å². The highest BCUT2D eigenvalue weighted by atomic mass is 32.2. The lowest BCUT2D eigenvalue weighted by Gasteiger charge is -2.14. The van der Waals surface area contributed by atoms with Crippen molar-refractivity contribution >= 4 is 51.7 Å². The van der Waals surface area contributed by atoms with E-state index >= 15 is 0 Å². The number of anilines is 1. The number of nitrogens with zero attached hydrogens (tertiary/aromatic N) is 2. The van der Waals surface area contributed by atoms with Gasteiger partial charge in [-0.25, -0.2) is 0 Å². The summed E-state index contributed by atoms with van der Waals surface area (Å²) >= 11 is 6.42. The molecule has 1 saturated heterocycles. The van der Waals surface area contributed by atoms with Crippen molar-refractivity contribution in [2.24, 2.45) is 0 Å². The molecule has 3 rings (SSSR count). The van der Waals surface area contributed by atoms with Crippen LogP contribution in [-0.4, -0.2) is 27.4 Å². The molecular weight excluding hydrogens is 412 g/mol. The molecule has 0 spiro atoms. The Morgan fingerprint density at radius 1 is 1.38 bits per heavy atom. The highest BCUT2D eigenvalue weighted by molar-refractivity contribution is 8.27. The van der Waals surface area contributed by atoms with E-state index < -0.39 is 4.92 Å². The molecule has 1 aliphatic rings. The van der Waals surface area contributed by atoms with Crippen molar-refractivity contribution in [3.63, 3.8) is 0 Å². The average Bonchev–Trinajstić information content (AvgIpc) is 2.97. The van der Waals surface area contributed by atoms with Gasteiger partial charge in [-0.3, -0.25) is 19.8 Å². The number of thiocarbonyl (C=S) groups is 1. The second-order valence-corrected chi connectivity index (χ2v) is 7.69. The van der Waals surface area contributed by atoms with Gasteiger partial charge in [0.15, 0.2) is 15.8 Å². The standard InChI is InChI=1S/C20H16N2O5S2/c1-3-5-13-8-12(9-16(27-2)18(13)23)10-17-19(24)21(20(28)29-17)14-6-4-7-15(11-14)22(25)26/h3-4,6-11,23H,1,5H2,2H3/b17-10-. The number of thioether (sulfide) groups is 1. The van der Waals surface area contributed by atoms with Gasteiger partial charge in [0, 0.05) is 17.7 Å². The van der Waals surface area contributed by atoms with Crippen molar-refractivity contribution in [3.05, 3.63) is 75.2 Å². The monoisotopic (exact) mass is 428 g/mol. The summed E-state index contributed by atoms with van der Waals surface area (Å²) in [6.07, 6.45) is 3.73. The summed E-state index contributed by atoms with van der Waals surface area (Å²) in [5, 5.41) is 21.2. The molecule has 1 N–H and O–H groups in total. The maximum absolute atomic E-state index is 12.9. The summed E-state index contributed by atoms with van der Waals surface area (Å²) in [7, 11) is 1.44. The van der Waals surface area contributed by atoms with Crippen LogP contribution in [0, 0.1) is 10.1 Å². The van der Waals surface area contributed by atoms with Gasteiger partial charge in [-0.1, -0.05) is 36.1 Å². The SMILES string of the molecule is C=CCc1cc(/C=C2\SC(=S)N(c3cccc([N+](=O)[O-])c3)C2=O)cc(OC)c1O. The molecule has 2 aromatic rings. The third-order valence-corrected chi connectivity index (χ3v) is 5.45. The molecule has 0 aromatic heterocycles. The van der Waals surface area contributed by atoms with E-state index in [9.17, 15) is 20.0 Å². The zero-order chi connectivity index (χ0) is 21.1. The molecule has 1 fully saturated rings. The Labute approximate surface area is 176 Å². The van der Waals surface area contributed by atoms with Gasteiger partial charge in [-0.15, -0.1) is 6.58 Å². The average molecular weight is 428 g/mol. The van der Waals surface area contributed by atoms with Crippen LogP contribution in [0.25, 0.3) is 6.08 Å². The van der Waals surface area contributed by atoms with Gasteiger partial charge >= 0.3 is 0 Å². The molecule has 29 heavy (non-hydrogen) atoms. The Morgan fingerprint density at radius 3 is 2.79 bits per heavy atom. The van der Waals surface area contributed by atoms with Crippen molar-refractivity contribution in [2.45, 2.75) is 6.42 Å². The first-order valence-corrected chi connectivity index (χ1v) is 9.61. The summed E-state index contributed by atoms with van der Waals surface area (Å²) in [5.74, 6) is -0.0729. The Morgan fingerprint density at radius 2 is 2.14 bits per heavy atom. The highest BCUT2D eigenvalue weighted by Crippen LogP contribution is 2.38. The number of aromatic hydroxyl groups is 1. The van der Waals surface area contributed by atoms with Gasteiger partial charge in [-0.2, -0.15) is 0 Å². The first kappa shape index (κ1) is 20.6. The molecule has 148 valence electrons. The second-order valence-electron chi connectivity index (χ2n) is 6.02. The van der Waals surface area contributed by atoms with Crippen LogP contribution in [0.15, 0.2) is 54.0 Å². The molecule has 1 aliphatic heterocycles. The van der Waals surface area contributed by atoms with Gasteiger partial charge < -0.3 is 9.84 Å². The Hall–Kier alpha value is -3.17. The summed E-state index contributed by atoms with van der Waals surface area (Å²) < 4.78 is 5.48. The molecule has 0 unspecified atom stereocenters. The first-order valence-electron chi connectivity index (χ1n) is 8.39. The zero-order valence-electron chi connectivity index (χ0n) is 15.3. The maximum Gasteiger partial charge on any atom is 0.271 e. The van der Waals surface area contributed by atoms with E-state index in [-0.39, 0.29) is 27.4 Å². The van der Waals surface area contributed by atoms with Gasteiger partial charge in [-0.05, 0) is 36.3 Å². The molecule has 2 aromatic carbocycles. The van der Waals surface area contributed by atoms with E-state index in [2.05, 4.69) is 6.58 Å². The Balaban J connectivity index is 1.98. The lowest BCUT2D eigenvalue weighted by Crippen LogP contribution is -2.27. The number of methoxy groups -OCH3 is 1. The molecule has 1 amide bonds. The van der Waals surface area contributed by atoms with E-state index in [1.165, 1.54) is 30.2 Å². The number of carbonyl (C=O) groups excluding carboxylic acids is 1. The third-order valence-electron chi connectivity index (χ3n) is 4.15. The van der Waals surface area contributed by atoms with Crippen LogP contribution >= 0.6 is 24.0 Å². The first-order chi connectivity index (χ1) is 13.8. The number of ether oxygens (including phenoxy) is 1. The molecule has 7 nitrogen and oxygen atoms in total. The van der Waals surface area contributed by atoms with Crippen molar-refractivity contribution in [1.29, 1.82) is 0 Å². The van der Waals surface area contributed by atoms with E-state index in [0.29, 0.717) is 28.1 Å². The summed E-state index contributed by atoms with van der Waals surface area (Å²) in [5.41, 5.74) is 1.47. The largest absolute Gasteiger partial charge is 0.504 e. The molecular formula is C20H16N2O5S2. The van der Waals surface area contributed by atoms with E-state index in [4.69, 9.17) is 17.0 Å². The lowest BCUT2D eigenvalue weighted by atomic mass is 10.1. The smallest absolute Gasteiger partial charge is 0.271 e. The minimum Gasteiger partial charge on any atom is -0.504 e. The fourth-order valence-electron chi connectivity index (χ4n) is 2.83. The third kappa shape index (κ3) is 4.15. The Bertz CT molecular complexity index is 1060. The molecule has 0 atom stereocenters. The quantitative estimate of drug-likeness (QED) is 0.239. The number of benzene rings is 2. The number of non-ortho nitro benzene ring substituents is 1. The predicted octanol–water partition coefficient (Wildman–Crippen LogP) is 4.44. The number of nitro groups is 1. The van der Waals surface area contributed by atoms with Gasteiger partial charge in [0.25, 0.3) is 11.6 Å². The van der Waals surface area contributed by atoms with Crippen molar-refractivity contribution in [3.8, 4) is 11.5 Å². The predicted molar refractivity (Wildman–Crippen MR) is 117 cm³/mol. The fourth-order valence-corrected chi connectivity index (χ4v) is 4.13. The fraction of sp³-hybridized carbons (Fsp3) is 0.100. The van der Waals surface area contributed by atoms with Crippen molar-refractivity contribution in [2.75, 3.05) is 12.0 Å². The highest BCUT2D eigenvalue weighted by Gasteiger charge is 2.34. The lowest BCUT2D eigenvalue weighted by molar-refractivity contribution is -0.384. The van der Waals surface area contributed by atoms with Crippen LogP contribution in [-0.2, 0) is 11.2 Å². The topological polar surface area (TPSA) is 92.9 Å². The number of hydrogen-bond donors (Lipinski definition) is 1. The number of phenols is 1. The summed E-state index contributed by atoms with van der Waals surface area (Å²) in [4.78, 5) is 25.0. The number of hydrogen-bond acceptors (Lipinski definition) is 7. The zero-order valence-corrected chi connectivity index (χ0v) is 17.0. The maximum atomic E-state index is 12.9. The van der Waals surface area contributed by atoms with Crippen LogP contribution in [0.3, 0.4) is 0 Å². The van der Waals surface area contributed by atoms with Gasteiger partial charge in [0.05, 0.1) is 22.6 Å².